The summed E-state index contributed by atoms with van der Waals surface area (Å²) in [6, 6.07) is 4.89. The van der Waals surface area contributed by atoms with Gasteiger partial charge in [0.2, 0.25) is 0 Å². The number of phenols is 1. The van der Waals surface area contributed by atoms with Gasteiger partial charge < -0.3 is 5.11 Å². The van der Waals surface area contributed by atoms with Gasteiger partial charge in [0.1, 0.15) is 5.75 Å². The first-order valence-corrected chi connectivity index (χ1v) is 5.41. The van der Waals surface area contributed by atoms with E-state index in [0.717, 1.165) is 7.05 Å². The minimum absolute atomic E-state index is 0.0631. The SMILES string of the molecule is CN(c1ccc(O)cc1)S(=O)(=O)C(F)F. The number of nitrogens with zero attached hydrogens (tertiary/aromatic N) is 1. The molecule has 4 nitrogen and oxygen atoms in total. The molecule has 1 aromatic rings. The van der Waals surface area contributed by atoms with Crippen molar-refractivity contribution in [2.75, 3.05) is 11.4 Å². The van der Waals surface area contributed by atoms with E-state index in [1.54, 1.807) is 0 Å². The van der Waals surface area contributed by atoms with Gasteiger partial charge >= 0.3 is 5.76 Å². The Morgan fingerprint density at radius 2 is 1.73 bits per heavy atom. The zero-order valence-corrected chi connectivity index (χ0v) is 8.58. The molecule has 0 aliphatic heterocycles. The van der Waals surface area contributed by atoms with E-state index < -0.39 is 15.8 Å². The maximum Gasteiger partial charge on any atom is 0.355 e. The minimum atomic E-state index is -4.62. The lowest BCUT2D eigenvalue weighted by Crippen LogP contribution is -2.31. The highest BCUT2D eigenvalue weighted by Gasteiger charge is 2.29. The van der Waals surface area contributed by atoms with Crippen molar-refractivity contribution in [1.29, 1.82) is 0 Å². The van der Waals surface area contributed by atoms with E-state index in [-0.39, 0.29) is 11.4 Å². The van der Waals surface area contributed by atoms with Crippen LogP contribution in [0.4, 0.5) is 14.5 Å². The van der Waals surface area contributed by atoms with Crippen LogP contribution < -0.4 is 4.31 Å². The molecule has 0 bridgehead atoms. The van der Waals surface area contributed by atoms with Crippen molar-refractivity contribution >= 4 is 15.7 Å². The van der Waals surface area contributed by atoms with Crippen LogP contribution in [0.15, 0.2) is 24.3 Å². The lowest BCUT2D eigenvalue weighted by molar-refractivity contribution is 0.234. The van der Waals surface area contributed by atoms with Crippen LogP contribution in [0.25, 0.3) is 0 Å². The average molecular weight is 237 g/mol. The van der Waals surface area contributed by atoms with Crippen LogP contribution >= 0.6 is 0 Å². The molecule has 0 radical (unpaired) electrons. The third kappa shape index (κ3) is 2.35. The fourth-order valence-electron chi connectivity index (χ4n) is 0.929. The number of sulfonamides is 1. The Labute approximate surface area is 85.8 Å². The van der Waals surface area contributed by atoms with Crippen molar-refractivity contribution in [3.05, 3.63) is 24.3 Å². The van der Waals surface area contributed by atoms with Gasteiger partial charge in [-0.15, -0.1) is 0 Å². The first-order chi connectivity index (χ1) is 6.85. The molecule has 15 heavy (non-hydrogen) atoms. The molecule has 1 N–H and O–H groups in total. The molecular formula is C8H9F2NO3S. The van der Waals surface area contributed by atoms with Crippen molar-refractivity contribution in [2.24, 2.45) is 0 Å². The maximum atomic E-state index is 12.1. The van der Waals surface area contributed by atoms with E-state index in [4.69, 9.17) is 5.11 Å². The predicted molar refractivity (Wildman–Crippen MR) is 51.4 cm³/mol. The number of hydrogen-bond acceptors (Lipinski definition) is 3. The van der Waals surface area contributed by atoms with Gasteiger partial charge in [-0.2, -0.15) is 8.78 Å². The number of aromatic hydroxyl groups is 1. The molecule has 84 valence electrons. The largest absolute Gasteiger partial charge is 0.508 e. The number of benzene rings is 1. The molecular weight excluding hydrogens is 228 g/mol. The number of phenolic OH excluding ortho intramolecular Hbond substituents is 1. The summed E-state index contributed by atoms with van der Waals surface area (Å²) in [7, 11) is -3.60. The van der Waals surface area contributed by atoms with Crippen LogP contribution in [0.3, 0.4) is 0 Å². The summed E-state index contributed by atoms with van der Waals surface area (Å²) in [5.74, 6) is -3.53. The second-order valence-corrected chi connectivity index (χ2v) is 4.72. The standard InChI is InChI=1S/C8H9F2NO3S/c1-11(15(13,14)8(9)10)6-2-4-7(12)5-3-6/h2-5,8,12H,1H3. The monoisotopic (exact) mass is 237 g/mol. The Morgan fingerprint density at radius 3 is 2.13 bits per heavy atom. The normalized spacial score (nSPS) is 11.7. The van der Waals surface area contributed by atoms with Crippen molar-refractivity contribution in [2.45, 2.75) is 5.76 Å². The van der Waals surface area contributed by atoms with Crippen molar-refractivity contribution in [1.82, 2.24) is 0 Å². The quantitative estimate of drug-likeness (QED) is 0.864. The number of rotatable bonds is 3. The lowest BCUT2D eigenvalue weighted by atomic mass is 10.3. The summed E-state index contributed by atoms with van der Waals surface area (Å²) in [6.07, 6.45) is 0. The maximum absolute atomic E-state index is 12.1. The van der Waals surface area contributed by atoms with Gasteiger partial charge in [0.05, 0.1) is 5.69 Å². The molecule has 7 heteroatoms. The molecule has 0 saturated heterocycles. The summed E-state index contributed by atoms with van der Waals surface area (Å²) in [5, 5.41) is 8.93. The highest BCUT2D eigenvalue weighted by atomic mass is 32.2. The lowest BCUT2D eigenvalue weighted by Gasteiger charge is -2.18. The van der Waals surface area contributed by atoms with E-state index in [2.05, 4.69) is 0 Å². The Bertz CT molecular complexity index is 430. The molecule has 0 unspecified atom stereocenters. The van der Waals surface area contributed by atoms with Crippen LogP contribution in [0, 0.1) is 0 Å². The van der Waals surface area contributed by atoms with Gasteiger partial charge in [-0.3, -0.25) is 4.31 Å². The summed E-state index contributed by atoms with van der Waals surface area (Å²) in [6.45, 7) is 0. The number of alkyl halides is 2. The highest BCUT2D eigenvalue weighted by Crippen LogP contribution is 2.22. The molecule has 0 amide bonds. The topological polar surface area (TPSA) is 57.6 Å². The average Bonchev–Trinajstić information content (AvgIpc) is 2.17. The Kier molecular flexibility index (Phi) is 3.13. The summed E-state index contributed by atoms with van der Waals surface area (Å²) >= 11 is 0. The first kappa shape index (κ1) is 11.7. The Hall–Kier alpha value is -1.37. The fourth-order valence-corrected chi connectivity index (χ4v) is 1.58. The molecule has 0 aliphatic carbocycles. The van der Waals surface area contributed by atoms with E-state index in [1.165, 1.54) is 24.3 Å². The van der Waals surface area contributed by atoms with E-state index in [1.807, 2.05) is 0 Å². The molecule has 0 aliphatic rings. The summed E-state index contributed by atoms with van der Waals surface area (Å²) < 4.78 is 46.8. The minimum Gasteiger partial charge on any atom is -0.508 e. The van der Waals surface area contributed by atoms with Crippen molar-refractivity contribution < 1.29 is 22.3 Å². The Morgan fingerprint density at radius 1 is 1.27 bits per heavy atom. The second kappa shape index (κ2) is 4.01. The second-order valence-electron chi connectivity index (χ2n) is 2.79. The highest BCUT2D eigenvalue weighted by molar-refractivity contribution is 7.93. The van der Waals surface area contributed by atoms with Crippen molar-refractivity contribution in [3.8, 4) is 5.75 Å². The van der Waals surface area contributed by atoms with E-state index >= 15 is 0 Å². The van der Waals surface area contributed by atoms with Gasteiger partial charge in [-0.25, -0.2) is 8.42 Å². The molecule has 0 atom stereocenters. The smallest absolute Gasteiger partial charge is 0.355 e. The van der Waals surface area contributed by atoms with Gasteiger partial charge in [-0.1, -0.05) is 0 Å². The van der Waals surface area contributed by atoms with Crippen LogP contribution in [0.5, 0.6) is 5.75 Å². The molecule has 0 fully saturated rings. The fraction of sp³-hybridized carbons (Fsp3) is 0.250. The summed E-state index contributed by atoms with van der Waals surface area (Å²) in [4.78, 5) is 0. The number of anilines is 1. The number of hydrogen-bond donors (Lipinski definition) is 1. The van der Waals surface area contributed by atoms with Gasteiger partial charge in [0, 0.05) is 7.05 Å². The van der Waals surface area contributed by atoms with Crippen LogP contribution in [-0.4, -0.2) is 26.3 Å². The zero-order chi connectivity index (χ0) is 11.6. The molecule has 0 saturated carbocycles. The first-order valence-electron chi connectivity index (χ1n) is 3.90. The molecule has 0 aromatic heterocycles. The van der Waals surface area contributed by atoms with Gasteiger partial charge in [-0.05, 0) is 24.3 Å². The third-order valence-electron chi connectivity index (χ3n) is 1.82. The van der Waals surface area contributed by atoms with Gasteiger partial charge in [0.15, 0.2) is 0 Å². The van der Waals surface area contributed by atoms with Gasteiger partial charge in [0.25, 0.3) is 10.0 Å². The zero-order valence-electron chi connectivity index (χ0n) is 7.76. The molecule has 0 heterocycles. The van der Waals surface area contributed by atoms with Crippen molar-refractivity contribution in [3.63, 3.8) is 0 Å². The van der Waals surface area contributed by atoms with Crippen LogP contribution in [0.2, 0.25) is 0 Å². The van der Waals surface area contributed by atoms with E-state index in [9.17, 15) is 17.2 Å². The van der Waals surface area contributed by atoms with Crippen LogP contribution in [-0.2, 0) is 10.0 Å². The molecule has 1 rings (SSSR count). The Balaban J connectivity index is 3.05. The predicted octanol–water partition coefficient (Wildman–Crippen LogP) is 1.38. The number of halogens is 2. The third-order valence-corrected chi connectivity index (χ3v) is 3.24. The van der Waals surface area contributed by atoms with E-state index in [0.29, 0.717) is 4.31 Å². The van der Waals surface area contributed by atoms with Crippen LogP contribution in [0.1, 0.15) is 0 Å². The summed E-state index contributed by atoms with van der Waals surface area (Å²) in [5.41, 5.74) is 0.0631. The molecule has 0 spiro atoms. The molecule has 1 aromatic carbocycles.